The monoisotopic (exact) mass is 281 g/mol. The van der Waals surface area contributed by atoms with E-state index in [1.54, 1.807) is 12.4 Å². The summed E-state index contributed by atoms with van der Waals surface area (Å²) >= 11 is 0. The molecule has 1 heterocycles. The lowest BCUT2D eigenvalue weighted by Gasteiger charge is -2.48. The number of nitrogens with zero attached hydrogens (tertiary/aromatic N) is 2. The first-order chi connectivity index (χ1) is 10.4. The van der Waals surface area contributed by atoms with Crippen molar-refractivity contribution < 1.29 is 0 Å². The van der Waals surface area contributed by atoms with E-state index in [0.717, 1.165) is 18.7 Å². The van der Waals surface area contributed by atoms with Crippen LogP contribution in [0.1, 0.15) is 49.9 Å². The van der Waals surface area contributed by atoms with E-state index in [1.807, 2.05) is 6.20 Å². The molecule has 1 atom stereocenters. The SMILES string of the molecule is CCCNC(c1cnccn1)C1(c2ccccc2)CCC1. The molecule has 2 aromatic rings. The van der Waals surface area contributed by atoms with Gasteiger partial charge < -0.3 is 5.32 Å². The third kappa shape index (κ3) is 2.70. The van der Waals surface area contributed by atoms with Gasteiger partial charge in [-0.05, 0) is 31.4 Å². The van der Waals surface area contributed by atoms with Crippen LogP contribution in [0, 0.1) is 0 Å². The highest BCUT2D eigenvalue weighted by Crippen LogP contribution is 2.51. The van der Waals surface area contributed by atoms with Crippen molar-refractivity contribution in [3.63, 3.8) is 0 Å². The Morgan fingerprint density at radius 1 is 1.19 bits per heavy atom. The molecular formula is C18H23N3. The molecular weight excluding hydrogens is 258 g/mol. The third-order valence-corrected chi connectivity index (χ3v) is 4.62. The average Bonchev–Trinajstić information content (AvgIpc) is 2.51. The Morgan fingerprint density at radius 2 is 2.00 bits per heavy atom. The fourth-order valence-electron chi connectivity index (χ4n) is 3.40. The predicted molar refractivity (Wildman–Crippen MR) is 85.0 cm³/mol. The first-order valence-corrected chi connectivity index (χ1v) is 7.91. The van der Waals surface area contributed by atoms with E-state index in [-0.39, 0.29) is 11.5 Å². The second-order valence-corrected chi connectivity index (χ2v) is 5.89. The van der Waals surface area contributed by atoms with Crippen molar-refractivity contribution in [3.05, 3.63) is 60.2 Å². The Kier molecular flexibility index (Phi) is 4.30. The van der Waals surface area contributed by atoms with Gasteiger partial charge in [0, 0.05) is 24.0 Å². The molecule has 1 N–H and O–H groups in total. The molecule has 0 amide bonds. The molecule has 1 unspecified atom stereocenters. The van der Waals surface area contributed by atoms with Gasteiger partial charge in [0.25, 0.3) is 0 Å². The van der Waals surface area contributed by atoms with Crippen LogP contribution in [-0.4, -0.2) is 16.5 Å². The zero-order valence-corrected chi connectivity index (χ0v) is 12.6. The summed E-state index contributed by atoms with van der Waals surface area (Å²) in [5, 5.41) is 3.72. The van der Waals surface area contributed by atoms with Gasteiger partial charge in [-0.25, -0.2) is 0 Å². The summed E-state index contributed by atoms with van der Waals surface area (Å²) in [7, 11) is 0. The van der Waals surface area contributed by atoms with Crippen molar-refractivity contribution in [2.24, 2.45) is 0 Å². The van der Waals surface area contributed by atoms with Crippen molar-refractivity contribution in [1.82, 2.24) is 15.3 Å². The van der Waals surface area contributed by atoms with Gasteiger partial charge in [0.15, 0.2) is 0 Å². The molecule has 0 radical (unpaired) electrons. The summed E-state index contributed by atoms with van der Waals surface area (Å²) in [4.78, 5) is 8.86. The molecule has 3 nitrogen and oxygen atoms in total. The molecule has 1 aromatic heterocycles. The Morgan fingerprint density at radius 3 is 2.57 bits per heavy atom. The van der Waals surface area contributed by atoms with Gasteiger partial charge in [0.05, 0.1) is 11.7 Å². The zero-order chi connectivity index (χ0) is 14.5. The van der Waals surface area contributed by atoms with E-state index in [4.69, 9.17) is 0 Å². The molecule has 1 saturated carbocycles. The van der Waals surface area contributed by atoms with Crippen molar-refractivity contribution in [1.29, 1.82) is 0 Å². The van der Waals surface area contributed by atoms with E-state index in [2.05, 4.69) is 52.5 Å². The fourth-order valence-corrected chi connectivity index (χ4v) is 3.40. The van der Waals surface area contributed by atoms with Gasteiger partial charge in [-0.1, -0.05) is 43.7 Å². The van der Waals surface area contributed by atoms with Gasteiger partial charge in [-0.15, -0.1) is 0 Å². The zero-order valence-electron chi connectivity index (χ0n) is 12.6. The maximum absolute atomic E-state index is 4.58. The van der Waals surface area contributed by atoms with E-state index >= 15 is 0 Å². The van der Waals surface area contributed by atoms with E-state index in [0.29, 0.717) is 0 Å². The summed E-state index contributed by atoms with van der Waals surface area (Å²) < 4.78 is 0. The quantitative estimate of drug-likeness (QED) is 0.878. The highest BCUT2D eigenvalue weighted by molar-refractivity contribution is 5.33. The smallest absolute Gasteiger partial charge is 0.0765 e. The van der Waals surface area contributed by atoms with Gasteiger partial charge in [-0.2, -0.15) is 0 Å². The summed E-state index contributed by atoms with van der Waals surface area (Å²) in [6.07, 6.45) is 10.3. The van der Waals surface area contributed by atoms with Crippen LogP contribution in [0.4, 0.5) is 0 Å². The molecule has 1 aromatic carbocycles. The molecule has 0 spiro atoms. The lowest BCUT2D eigenvalue weighted by molar-refractivity contribution is 0.166. The van der Waals surface area contributed by atoms with E-state index < -0.39 is 0 Å². The van der Waals surface area contributed by atoms with Crippen LogP contribution in [0.5, 0.6) is 0 Å². The van der Waals surface area contributed by atoms with Crippen LogP contribution in [0.15, 0.2) is 48.9 Å². The first kappa shape index (κ1) is 14.2. The average molecular weight is 281 g/mol. The second kappa shape index (κ2) is 6.35. The Labute approximate surface area is 126 Å². The van der Waals surface area contributed by atoms with Crippen molar-refractivity contribution in [2.75, 3.05) is 6.54 Å². The first-order valence-electron chi connectivity index (χ1n) is 7.91. The lowest BCUT2D eigenvalue weighted by Crippen LogP contribution is -2.47. The molecule has 1 aliphatic rings. The van der Waals surface area contributed by atoms with Crippen LogP contribution in [0.2, 0.25) is 0 Å². The fraction of sp³-hybridized carbons (Fsp3) is 0.444. The van der Waals surface area contributed by atoms with Gasteiger partial charge in [-0.3, -0.25) is 9.97 Å². The summed E-state index contributed by atoms with van der Waals surface area (Å²) in [6, 6.07) is 11.1. The number of hydrogen-bond donors (Lipinski definition) is 1. The maximum Gasteiger partial charge on any atom is 0.0765 e. The normalized spacial score (nSPS) is 18.0. The Hall–Kier alpha value is -1.74. The molecule has 3 rings (SSSR count). The van der Waals surface area contributed by atoms with E-state index in [1.165, 1.54) is 24.8 Å². The van der Waals surface area contributed by atoms with Gasteiger partial charge in [0.1, 0.15) is 0 Å². The summed E-state index contributed by atoms with van der Waals surface area (Å²) in [5.41, 5.74) is 2.66. The number of hydrogen-bond acceptors (Lipinski definition) is 3. The molecule has 1 aliphatic carbocycles. The predicted octanol–water partition coefficient (Wildman–Crippen LogP) is 3.64. The molecule has 0 saturated heterocycles. The van der Waals surface area contributed by atoms with Crippen molar-refractivity contribution >= 4 is 0 Å². The molecule has 3 heteroatoms. The molecule has 0 bridgehead atoms. The minimum absolute atomic E-state index is 0.173. The van der Waals surface area contributed by atoms with Crippen molar-refractivity contribution in [3.8, 4) is 0 Å². The second-order valence-electron chi connectivity index (χ2n) is 5.89. The van der Waals surface area contributed by atoms with Crippen molar-refractivity contribution in [2.45, 2.75) is 44.1 Å². The minimum Gasteiger partial charge on any atom is -0.308 e. The number of rotatable bonds is 6. The van der Waals surface area contributed by atoms with Crippen LogP contribution >= 0.6 is 0 Å². The molecule has 110 valence electrons. The van der Waals surface area contributed by atoms with Crippen LogP contribution < -0.4 is 5.32 Å². The molecule has 0 aliphatic heterocycles. The lowest BCUT2D eigenvalue weighted by atomic mass is 9.59. The van der Waals surface area contributed by atoms with Gasteiger partial charge in [0.2, 0.25) is 0 Å². The summed E-state index contributed by atoms with van der Waals surface area (Å²) in [6.45, 7) is 3.21. The number of nitrogens with one attached hydrogen (secondary N) is 1. The third-order valence-electron chi connectivity index (χ3n) is 4.62. The van der Waals surface area contributed by atoms with Gasteiger partial charge >= 0.3 is 0 Å². The number of benzene rings is 1. The molecule has 21 heavy (non-hydrogen) atoms. The van der Waals surface area contributed by atoms with E-state index in [9.17, 15) is 0 Å². The topological polar surface area (TPSA) is 37.8 Å². The maximum atomic E-state index is 4.58. The standard InChI is InChI=1S/C18H23N3/c1-2-11-21-17(16-14-19-12-13-20-16)18(9-6-10-18)15-7-4-3-5-8-15/h3-5,7-8,12-14,17,21H,2,6,9-11H2,1H3. The highest BCUT2D eigenvalue weighted by Gasteiger charge is 2.46. The minimum atomic E-state index is 0.173. The Balaban J connectivity index is 1.98. The molecule has 1 fully saturated rings. The number of aromatic nitrogens is 2. The Bertz CT molecular complexity index is 549. The van der Waals surface area contributed by atoms with Crippen LogP contribution in [0.3, 0.4) is 0 Å². The summed E-state index contributed by atoms with van der Waals surface area (Å²) in [5.74, 6) is 0. The highest BCUT2D eigenvalue weighted by atomic mass is 15.0. The van der Waals surface area contributed by atoms with Crippen LogP contribution in [0.25, 0.3) is 0 Å². The van der Waals surface area contributed by atoms with Crippen LogP contribution in [-0.2, 0) is 5.41 Å². The largest absolute Gasteiger partial charge is 0.308 e.